The third-order valence-corrected chi connectivity index (χ3v) is 3.02. The van der Waals surface area contributed by atoms with Gasteiger partial charge in [0, 0.05) is 18.2 Å². The first-order valence-corrected chi connectivity index (χ1v) is 6.11. The van der Waals surface area contributed by atoms with Gasteiger partial charge < -0.3 is 15.3 Å². The molecule has 0 saturated carbocycles. The zero-order chi connectivity index (χ0) is 13.0. The van der Waals surface area contributed by atoms with E-state index in [0.717, 1.165) is 22.9 Å². The van der Waals surface area contributed by atoms with E-state index in [4.69, 9.17) is 15.3 Å². The molecule has 3 N–H and O–H groups in total. The summed E-state index contributed by atoms with van der Waals surface area (Å²) in [5.74, 6) is -0.635. The quantitative estimate of drug-likeness (QED) is 0.622. The number of hydrogen-bond donors (Lipinski definition) is 2. The van der Waals surface area contributed by atoms with Gasteiger partial charge in [0.2, 0.25) is 0 Å². The maximum absolute atomic E-state index is 10.4. The Morgan fingerprint density at radius 2 is 2.39 bits per heavy atom. The first-order chi connectivity index (χ1) is 8.65. The van der Waals surface area contributed by atoms with Crippen LogP contribution in [0.2, 0.25) is 0 Å². The van der Waals surface area contributed by atoms with Gasteiger partial charge in [-0.3, -0.25) is 4.79 Å². The third-order valence-electron chi connectivity index (χ3n) is 2.18. The minimum atomic E-state index is -0.912. The fraction of sp³-hybridized carbons (Fsp3) is 0.182. The molecule has 0 amide bonds. The number of hydrogen-bond acceptors (Lipinski definition) is 6. The summed E-state index contributed by atoms with van der Waals surface area (Å²) in [6.45, 7) is 0. The van der Waals surface area contributed by atoms with Crippen molar-refractivity contribution in [2.45, 2.75) is 11.6 Å². The van der Waals surface area contributed by atoms with Crippen LogP contribution < -0.4 is 5.73 Å². The van der Waals surface area contributed by atoms with Crippen LogP contribution in [-0.2, 0) is 11.2 Å². The van der Waals surface area contributed by atoms with Crippen molar-refractivity contribution in [3.05, 3.63) is 35.9 Å². The van der Waals surface area contributed by atoms with E-state index in [0.29, 0.717) is 17.4 Å². The van der Waals surface area contributed by atoms with Crippen molar-refractivity contribution in [2.24, 2.45) is 0 Å². The second kappa shape index (κ2) is 5.54. The van der Waals surface area contributed by atoms with Crippen molar-refractivity contribution in [2.75, 3.05) is 11.5 Å². The number of nitrogens with zero attached hydrogens (tertiary/aromatic N) is 2. The lowest BCUT2D eigenvalue weighted by Gasteiger charge is -2.04. The van der Waals surface area contributed by atoms with Gasteiger partial charge in [0.15, 0.2) is 5.16 Å². The molecule has 2 aromatic heterocycles. The molecule has 0 radical (unpaired) electrons. The van der Waals surface area contributed by atoms with E-state index in [9.17, 15) is 4.79 Å². The van der Waals surface area contributed by atoms with Crippen LogP contribution >= 0.6 is 11.8 Å². The molecule has 0 unspecified atom stereocenters. The molecule has 0 fully saturated rings. The number of aliphatic carboxylic acids is 1. The lowest BCUT2D eigenvalue weighted by Crippen LogP contribution is -2.03. The monoisotopic (exact) mass is 265 g/mol. The van der Waals surface area contributed by atoms with Crippen LogP contribution in [0.5, 0.6) is 0 Å². The molecular formula is C11H11N3O3S. The molecule has 94 valence electrons. The summed E-state index contributed by atoms with van der Waals surface area (Å²) in [7, 11) is 0. The van der Waals surface area contributed by atoms with Crippen molar-refractivity contribution in [1.29, 1.82) is 0 Å². The number of carboxylic acid groups (broad SMARTS) is 1. The largest absolute Gasteiger partial charge is 0.481 e. The van der Waals surface area contributed by atoms with Gasteiger partial charge in [-0.05, 0) is 11.6 Å². The summed E-state index contributed by atoms with van der Waals surface area (Å²) in [5, 5.41) is 8.92. The lowest BCUT2D eigenvalue weighted by molar-refractivity contribution is -0.133. The van der Waals surface area contributed by atoms with E-state index < -0.39 is 5.97 Å². The fourth-order valence-electron chi connectivity index (χ4n) is 1.35. The Labute approximate surface area is 107 Å². The summed E-state index contributed by atoms with van der Waals surface area (Å²) in [5.41, 5.74) is 7.57. The van der Waals surface area contributed by atoms with Crippen molar-refractivity contribution in [3.63, 3.8) is 0 Å². The highest BCUT2D eigenvalue weighted by atomic mass is 32.2. The smallest absolute Gasteiger partial charge is 0.313 e. The van der Waals surface area contributed by atoms with E-state index in [1.165, 1.54) is 0 Å². The first-order valence-electron chi connectivity index (χ1n) is 5.12. The van der Waals surface area contributed by atoms with E-state index in [1.54, 1.807) is 18.7 Å². The molecule has 6 nitrogen and oxygen atoms in total. The highest BCUT2D eigenvalue weighted by Crippen LogP contribution is 2.18. The molecule has 0 aliphatic heterocycles. The van der Waals surface area contributed by atoms with Crippen LogP contribution in [0.15, 0.2) is 34.4 Å². The number of nitrogen functional groups attached to an aromatic ring is 1. The normalized spacial score (nSPS) is 10.4. The molecule has 2 aromatic rings. The number of rotatable bonds is 5. The van der Waals surface area contributed by atoms with Crippen molar-refractivity contribution in [1.82, 2.24) is 9.97 Å². The Morgan fingerprint density at radius 1 is 1.56 bits per heavy atom. The molecule has 0 atom stereocenters. The average Bonchev–Trinajstić information content (AvgIpc) is 2.82. The predicted octanol–water partition coefficient (Wildman–Crippen LogP) is 1.42. The number of anilines is 1. The second-order valence-corrected chi connectivity index (χ2v) is 4.50. The Kier molecular flexibility index (Phi) is 3.83. The maximum Gasteiger partial charge on any atom is 0.313 e. The molecule has 0 spiro atoms. The standard InChI is InChI=1S/C11H11N3O3S/c12-10-8(3-7-1-2-17-5-7)4-13-11(14-10)18-6-9(15)16/h1-2,4-5H,3,6H2,(H,15,16)(H2,12,13,14). The van der Waals surface area contributed by atoms with E-state index in [-0.39, 0.29) is 5.75 Å². The van der Waals surface area contributed by atoms with Crippen LogP contribution in [0.1, 0.15) is 11.1 Å². The molecule has 7 heteroatoms. The third kappa shape index (κ3) is 3.24. The Bertz CT molecular complexity index is 542. The Morgan fingerprint density at radius 3 is 3.00 bits per heavy atom. The van der Waals surface area contributed by atoms with Crippen molar-refractivity contribution in [3.8, 4) is 0 Å². The zero-order valence-electron chi connectivity index (χ0n) is 9.37. The van der Waals surface area contributed by atoms with Gasteiger partial charge in [-0.2, -0.15) is 0 Å². The molecule has 18 heavy (non-hydrogen) atoms. The Balaban J connectivity index is 2.07. The van der Waals surface area contributed by atoms with Crippen LogP contribution in [-0.4, -0.2) is 26.8 Å². The minimum absolute atomic E-state index is 0.0828. The number of carboxylic acids is 1. The number of carbonyl (C=O) groups is 1. The SMILES string of the molecule is Nc1nc(SCC(=O)O)ncc1Cc1ccoc1. The van der Waals surface area contributed by atoms with Crippen LogP contribution in [0.4, 0.5) is 5.82 Å². The summed E-state index contributed by atoms with van der Waals surface area (Å²) in [4.78, 5) is 18.5. The summed E-state index contributed by atoms with van der Waals surface area (Å²) in [6, 6.07) is 1.84. The predicted molar refractivity (Wildman–Crippen MR) is 66.3 cm³/mol. The highest BCUT2D eigenvalue weighted by molar-refractivity contribution is 7.99. The number of nitrogens with two attached hydrogens (primary N) is 1. The van der Waals surface area contributed by atoms with Gasteiger partial charge in [-0.15, -0.1) is 0 Å². The lowest BCUT2D eigenvalue weighted by atomic mass is 10.1. The summed E-state index contributed by atoms with van der Waals surface area (Å²) in [6.07, 6.45) is 5.42. The van der Waals surface area contributed by atoms with E-state index >= 15 is 0 Å². The molecule has 0 aromatic carbocycles. The fourth-order valence-corrected chi connectivity index (χ4v) is 1.89. The van der Waals surface area contributed by atoms with Crippen LogP contribution in [0.3, 0.4) is 0 Å². The van der Waals surface area contributed by atoms with Gasteiger partial charge in [-0.1, -0.05) is 11.8 Å². The molecule has 0 bridgehead atoms. The minimum Gasteiger partial charge on any atom is -0.481 e. The average molecular weight is 265 g/mol. The van der Waals surface area contributed by atoms with Gasteiger partial charge in [0.1, 0.15) is 5.82 Å². The highest BCUT2D eigenvalue weighted by Gasteiger charge is 2.08. The summed E-state index contributed by atoms with van der Waals surface area (Å²) >= 11 is 1.04. The summed E-state index contributed by atoms with van der Waals surface area (Å²) < 4.78 is 4.96. The van der Waals surface area contributed by atoms with Gasteiger partial charge in [0.05, 0.1) is 18.3 Å². The molecule has 2 rings (SSSR count). The number of aromatic nitrogens is 2. The van der Waals surface area contributed by atoms with E-state index in [2.05, 4.69) is 9.97 Å². The van der Waals surface area contributed by atoms with Crippen LogP contribution in [0.25, 0.3) is 0 Å². The van der Waals surface area contributed by atoms with Crippen molar-refractivity contribution < 1.29 is 14.3 Å². The molecule has 0 aliphatic rings. The maximum atomic E-state index is 10.4. The molecule has 0 aliphatic carbocycles. The number of furan rings is 1. The topological polar surface area (TPSA) is 102 Å². The zero-order valence-corrected chi connectivity index (χ0v) is 10.2. The van der Waals surface area contributed by atoms with Crippen LogP contribution in [0, 0.1) is 0 Å². The molecule has 2 heterocycles. The first kappa shape index (κ1) is 12.4. The van der Waals surface area contributed by atoms with Gasteiger partial charge >= 0.3 is 5.97 Å². The van der Waals surface area contributed by atoms with E-state index in [1.807, 2.05) is 6.07 Å². The number of thioether (sulfide) groups is 1. The van der Waals surface area contributed by atoms with Gasteiger partial charge in [0.25, 0.3) is 0 Å². The molecular weight excluding hydrogens is 254 g/mol. The van der Waals surface area contributed by atoms with Crippen molar-refractivity contribution >= 4 is 23.5 Å². The Hall–Kier alpha value is -2.02. The van der Waals surface area contributed by atoms with Gasteiger partial charge in [-0.25, -0.2) is 9.97 Å². The molecule has 0 saturated heterocycles. The second-order valence-electron chi connectivity index (χ2n) is 3.55.